The monoisotopic (exact) mass is 246 g/mol. The molecule has 0 spiro atoms. The number of hydrogen-bond donors (Lipinski definition) is 0. The number of nitrogens with zero attached hydrogens (tertiary/aromatic N) is 2. The SMILES string of the molecule is CCOC(=O)c1coc(CCc2cccnc2)n1. The molecule has 0 aliphatic heterocycles. The summed E-state index contributed by atoms with van der Waals surface area (Å²) < 4.78 is 10.1. The van der Waals surface area contributed by atoms with Gasteiger partial charge >= 0.3 is 5.97 Å². The number of carbonyl (C=O) groups excluding carboxylic acids is 1. The summed E-state index contributed by atoms with van der Waals surface area (Å²) in [4.78, 5) is 19.5. The van der Waals surface area contributed by atoms with Crippen molar-refractivity contribution in [3.8, 4) is 0 Å². The van der Waals surface area contributed by atoms with Crippen molar-refractivity contribution in [1.29, 1.82) is 0 Å². The summed E-state index contributed by atoms with van der Waals surface area (Å²) in [5.41, 5.74) is 1.33. The first-order chi connectivity index (χ1) is 8.79. The van der Waals surface area contributed by atoms with E-state index in [0.717, 1.165) is 12.0 Å². The Labute approximate surface area is 105 Å². The van der Waals surface area contributed by atoms with Gasteiger partial charge in [0.05, 0.1) is 6.61 Å². The normalized spacial score (nSPS) is 10.3. The van der Waals surface area contributed by atoms with Crippen molar-refractivity contribution < 1.29 is 13.9 Å². The van der Waals surface area contributed by atoms with Crippen molar-refractivity contribution in [3.63, 3.8) is 0 Å². The molecule has 0 radical (unpaired) electrons. The molecule has 0 saturated carbocycles. The number of pyridine rings is 1. The fraction of sp³-hybridized carbons (Fsp3) is 0.308. The van der Waals surface area contributed by atoms with Crippen molar-refractivity contribution in [1.82, 2.24) is 9.97 Å². The van der Waals surface area contributed by atoms with Crippen LogP contribution in [-0.2, 0) is 17.6 Å². The maximum Gasteiger partial charge on any atom is 0.360 e. The van der Waals surface area contributed by atoms with Crippen molar-refractivity contribution in [3.05, 3.63) is 47.9 Å². The van der Waals surface area contributed by atoms with Gasteiger partial charge in [0.2, 0.25) is 0 Å². The minimum atomic E-state index is -0.450. The summed E-state index contributed by atoms with van der Waals surface area (Å²) >= 11 is 0. The molecule has 0 saturated heterocycles. The molecule has 0 unspecified atom stereocenters. The number of aromatic nitrogens is 2. The second kappa shape index (κ2) is 5.95. The smallest absolute Gasteiger partial charge is 0.360 e. The molecule has 18 heavy (non-hydrogen) atoms. The summed E-state index contributed by atoms with van der Waals surface area (Å²) in [5.74, 6) is 0.0794. The molecule has 0 aliphatic rings. The van der Waals surface area contributed by atoms with Gasteiger partial charge in [-0.05, 0) is 25.0 Å². The highest BCUT2D eigenvalue weighted by atomic mass is 16.5. The highest BCUT2D eigenvalue weighted by Crippen LogP contribution is 2.08. The van der Waals surface area contributed by atoms with Crippen molar-refractivity contribution in [2.75, 3.05) is 6.61 Å². The van der Waals surface area contributed by atoms with E-state index in [1.165, 1.54) is 6.26 Å². The first-order valence-electron chi connectivity index (χ1n) is 5.80. The molecular weight excluding hydrogens is 232 g/mol. The second-order valence-corrected chi connectivity index (χ2v) is 3.71. The van der Waals surface area contributed by atoms with E-state index in [-0.39, 0.29) is 5.69 Å². The van der Waals surface area contributed by atoms with Crippen LogP contribution in [0.2, 0.25) is 0 Å². The number of oxazole rings is 1. The molecular formula is C13H14N2O3. The third-order valence-corrected chi connectivity index (χ3v) is 2.39. The molecule has 2 aromatic heterocycles. The maximum atomic E-state index is 11.4. The molecule has 94 valence electrons. The number of esters is 1. The highest BCUT2D eigenvalue weighted by molar-refractivity contribution is 5.86. The van der Waals surface area contributed by atoms with E-state index in [2.05, 4.69) is 9.97 Å². The van der Waals surface area contributed by atoms with Gasteiger partial charge in [-0.2, -0.15) is 0 Å². The Kier molecular flexibility index (Phi) is 4.06. The molecule has 2 aromatic rings. The molecule has 0 fully saturated rings. The molecule has 0 atom stereocenters. The number of ether oxygens (including phenoxy) is 1. The van der Waals surface area contributed by atoms with E-state index in [9.17, 15) is 4.79 Å². The maximum absolute atomic E-state index is 11.4. The molecule has 0 amide bonds. The zero-order valence-corrected chi connectivity index (χ0v) is 10.1. The third kappa shape index (κ3) is 3.16. The average Bonchev–Trinajstić information content (AvgIpc) is 2.87. The van der Waals surface area contributed by atoms with Crippen LogP contribution in [0, 0.1) is 0 Å². The Bertz CT molecular complexity index is 508. The highest BCUT2D eigenvalue weighted by Gasteiger charge is 2.12. The first-order valence-corrected chi connectivity index (χ1v) is 5.80. The van der Waals surface area contributed by atoms with Gasteiger partial charge < -0.3 is 9.15 Å². The van der Waals surface area contributed by atoms with E-state index < -0.39 is 5.97 Å². The van der Waals surface area contributed by atoms with Crippen LogP contribution in [0.5, 0.6) is 0 Å². The zero-order valence-electron chi connectivity index (χ0n) is 10.1. The summed E-state index contributed by atoms with van der Waals surface area (Å²) in [6.07, 6.45) is 6.26. The molecule has 2 heterocycles. The summed E-state index contributed by atoms with van der Waals surface area (Å²) in [7, 11) is 0. The van der Waals surface area contributed by atoms with Crippen LogP contribution in [0.4, 0.5) is 0 Å². The van der Waals surface area contributed by atoms with E-state index in [1.807, 2.05) is 12.1 Å². The molecule has 5 heteroatoms. The standard InChI is InChI=1S/C13H14N2O3/c1-2-17-13(16)11-9-18-12(15-11)6-5-10-4-3-7-14-8-10/h3-4,7-9H,2,5-6H2,1H3. The fourth-order valence-corrected chi connectivity index (χ4v) is 1.52. The topological polar surface area (TPSA) is 65.2 Å². The van der Waals surface area contributed by atoms with E-state index >= 15 is 0 Å². The zero-order chi connectivity index (χ0) is 12.8. The van der Waals surface area contributed by atoms with Crippen molar-refractivity contribution >= 4 is 5.97 Å². The molecule has 5 nitrogen and oxygen atoms in total. The summed E-state index contributed by atoms with van der Waals surface area (Å²) in [6, 6.07) is 3.87. The predicted molar refractivity (Wildman–Crippen MR) is 64.1 cm³/mol. The van der Waals surface area contributed by atoms with Gasteiger partial charge in [-0.3, -0.25) is 4.98 Å². The number of carbonyl (C=O) groups is 1. The second-order valence-electron chi connectivity index (χ2n) is 3.71. The number of hydrogen-bond acceptors (Lipinski definition) is 5. The summed E-state index contributed by atoms with van der Waals surface area (Å²) in [5, 5.41) is 0. The molecule has 0 bridgehead atoms. The third-order valence-electron chi connectivity index (χ3n) is 2.39. The fourth-order valence-electron chi connectivity index (χ4n) is 1.52. The minimum absolute atomic E-state index is 0.220. The van der Waals surface area contributed by atoms with Gasteiger partial charge in [0.1, 0.15) is 6.26 Å². The average molecular weight is 246 g/mol. The van der Waals surface area contributed by atoms with Crippen LogP contribution < -0.4 is 0 Å². The molecule has 0 N–H and O–H groups in total. The first kappa shape index (κ1) is 12.3. The lowest BCUT2D eigenvalue weighted by Crippen LogP contribution is -2.05. The van der Waals surface area contributed by atoms with Crippen molar-refractivity contribution in [2.24, 2.45) is 0 Å². The molecule has 0 aliphatic carbocycles. The number of rotatable bonds is 5. The Morgan fingerprint density at radius 2 is 2.33 bits per heavy atom. The lowest BCUT2D eigenvalue weighted by molar-refractivity contribution is 0.0519. The van der Waals surface area contributed by atoms with Gasteiger partial charge in [0.25, 0.3) is 0 Å². The Hall–Kier alpha value is -2.17. The van der Waals surface area contributed by atoms with Crippen LogP contribution in [-0.4, -0.2) is 22.5 Å². The van der Waals surface area contributed by atoms with Gasteiger partial charge in [-0.25, -0.2) is 9.78 Å². The van der Waals surface area contributed by atoms with Crippen molar-refractivity contribution in [2.45, 2.75) is 19.8 Å². The quantitative estimate of drug-likeness (QED) is 0.755. The Balaban J connectivity index is 1.93. The number of aryl methyl sites for hydroxylation is 2. The lowest BCUT2D eigenvalue weighted by Gasteiger charge is -1.97. The van der Waals surface area contributed by atoms with Crippen LogP contribution in [0.1, 0.15) is 28.9 Å². The Morgan fingerprint density at radius 3 is 3.06 bits per heavy atom. The van der Waals surface area contributed by atoms with Crippen LogP contribution >= 0.6 is 0 Å². The van der Waals surface area contributed by atoms with Crippen LogP contribution in [0.15, 0.2) is 35.2 Å². The predicted octanol–water partition coefficient (Wildman–Crippen LogP) is 2.03. The van der Waals surface area contributed by atoms with Crippen LogP contribution in [0.25, 0.3) is 0 Å². The molecule has 0 aromatic carbocycles. The van der Waals surface area contributed by atoms with E-state index in [4.69, 9.17) is 9.15 Å². The molecule has 2 rings (SSSR count). The van der Waals surface area contributed by atoms with Gasteiger partial charge in [-0.15, -0.1) is 0 Å². The minimum Gasteiger partial charge on any atom is -0.461 e. The lowest BCUT2D eigenvalue weighted by atomic mass is 10.1. The van der Waals surface area contributed by atoms with Gasteiger partial charge in [0, 0.05) is 18.8 Å². The summed E-state index contributed by atoms with van der Waals surface area (Å²) in [6.45, 7) is 2.08. The van der Waals surface area contributed by atoms with E-state index in [0.29, 0.717) is 18.9 Å². The van der Waals surface area contributed by atoms with E-state index in [1.54, 1.807) is 19.3 Å². The largest absolute Gasteiger partial charge is 0.461 e. The van der Waals surface area contributed by atoms with Gasteiger partial charge in [-0.1, -0.05) is 6.07 Å². The Morgan fingerprint density at radius 1 is 1.44 bits per heavy atom. The van der Waals surface area contributed by atoms with Gasteiger partial charge in [0.15, 0.2) is 11.6 Å². The van der Waals surface area contributed by atoms with Crippen LogP contribution in [0.3, 0.4) is 0 Å².